The molecule has 174 valence electrons. The maximum Gasteiger partial charge on any atom is 0.267 e. The van der Waals surface area contributed by atoms with E-state index in [1.54, 1.807) is 22.9 Å². The number of amides is 1. The molecule has 1 fully saturated rings. The van der Waals surface area contributed by atoms with Crippen LogP contribution in [0.1, 0.15) is 34.3 Å². The molecule has 0 spiro atoms. The van der Waals surface area contributed by atoms with Gasteiger partial charge in [0.2, 0.25) is 0 Å². The molecule has 5 rings (SSSR count). The average molecular weight is 478 g/mol. The molecule has 1 aliphatic rings. The van der Waals surface area contributed by atoms with Crippen molar-refractivity contribution in [3.05, 3.63) is 86.2 Å². The number of halogens is 1. The van der Waals surface area contributed by atoms with Crippen molar-refractivity contribution in [3.63, 3.8) is 0 Å². The summed E-state index contributed by atoms with van der Waals surface area (Å²) in [5.41, 5.74) is 2.32. The van der Waals surface area contributed by atoms with E-state index in [-0.39, 0.29) is 34.6 Å². The first kappa shape index (κ1) is 22.3. The van der Waals surface area contributed by atoms with E-state index in [0.717, 1.165) is 24.0 Å². The molecule has 1 aromatic carbocycles. The summed E-state index contributed by atoms with van der Waals surface area (Å²) in [5, 5.41) is 12.5. The van der Waals surface area contributed by atoms with Crippen LogP contribution in [-0.4, -0.2) is 32.6 Å². The van der Waals surface area contributed by atoms with Gasteiger partial charge in [0.1, 0.15) is 16.8 Å². The van der Waals surface area contributed by atoms with Crippen LogP contribution in [0.15, 0.2) is 53.5 Å². The number of carbonyl (C=O) groups excluding carboxylic acids is 1. The molecule has 0 saturated carbocycles. The van der Waals surface area contributed by atoms with Crippen LogP contribution in [0.4, 0.5) is 0 Å². The molecule has 0 radical (unpaired) electrons. The lowest BCUT2D eigenvalue weighted by Crippen LogP contribution is -2.36. The number of hydrogen-bond donors (Lipinski definition) is 2. The maximum absolute atomic E-state index is 13.4. The van der Waals surface area contributed by atoms with E-state index in [1.165, 1.54) is 10.5 Å². The van der Waals surface area contributed by atoms with Crippen LogP contribution >= 0.6 is 11.6 Å². The number of nitrogens with zero attached hydrogens (tertiary/aromatic N) is 3. The van der Waals surface area contributed by atoms with Crippen molar-refractivity contribution in [2.75, 3.05) is 6.61 Å². The molecule has 1 atom stereocenters. The fraction of sp³-hybridized carbons (Fsp3) is 0.280. The Kier molecular flexibility index (Phi) is 5.93. The Hall–Kier alpha value is -3.49. The normalized spacial score (nSPS) is 15.8. The molecule has 8 nitrogen and oxygen atoms in total. The molecule has 1 aliphatic heterocycles. The van der Waals surface area contributed by atoms with Gasteiger partial charge in [0.05, 0.1) is 23.6 Å². The minimum atomic E-state index is -0.457. The molecule has 0 aliphatic carbocycles. The Morgan fingerprint density at radius 2 is 2.09 bits per heavy atom. The van der Waals surface area contributed by atoms with Crippen LogP contribution < -0.4 is 16.4 Å². The van der Waals surface area contributed by atoms with E-state index in [9.17, 15) is 9.59 Å². The summed E-state index contributed by atoms with van der Waals surface area (Å²) in [4.78, 5) is 31.3. The second-order valence-electron chi connectivity index (χ2n) is 8.47. The van der Waals surface area contributed by atoms with Crippen LogP contribution in [0.3, 0.4) is 0 Å². The fourth-order valence-electron chi connectivity index (χ4n) is 4.35. The SMILES string of the molecule is Cc1cccn2c(=O)c3cc(C(=O)NCc4ccccc4Cl)c(=N)n(C[C@H]4CCCO4)c3nc12. The third-order valence-corrected chi connectivity index (χ3v) is 6.55. The van der Waals surface area contributed by atoms with Crippen LogP contribution in [0, 0.1) is 12.3 Å². The number of aromatic nitrogens is 3. The molecule has 1 amide bonds. The van der Waals surface area contributed by atoms with E-state index in [0.29, 0.717) is 29.5 Å². The van der Waals surface area contributed by atoms with Crippen molar-refractivity contribution < 1.29 is 9.53 Å². The van der Waals surface area contributed by atoms with Crippen molar-refractivity contribution in [2.45, 2.75) is 39.0 Å². The van der Waals surface area contributed by atoms with Gasteiger partial charge in [-0.2, -0.15) is 0 Å². The molecule has 4 heterocycles. The van der Waals surface area contributed by atoms with Gasteiger partial charge in [0.15, 0.2) is 0 Å². The lowest BCUT2D eigenvalue weighted by atomic mass is 10.1. The highest BCUT2D eigenvalue weighted by Crippen LogP contribution is 2.18. The fourth-order valence-corrected chi connectivity index (χ4v) is 4.55. The summed E-state index contributed by atoms with van der Waals surface area (Å²) in [6.45, 7) is 3.09. The van der Waals surface area contributed by atoms with Crippen LogP contribution in [0.5, 0.6) is 0 Å². The minimum absolute atomic E-state index is 0.00973. The number of fused-ring (bicyclic) bond motifs is 2. The van der Waals surface area contributed by atoms with Crippen molar-refractivity contribution in [1.82, 2.24) is 19.3 Å². The second-order valence-corrected chi connectivity index (χ2v) is 8.87. The lowest BCUT2D eigenvalue weighted by Gasteiger charge is -2.18. The highest BCUT2D eigenvalue weighted by atomic mass is 35.5. The smallest absolute Gasteiger partial charge is 0.267 e. The zero-order valence-electron chi connectivity index (χ0n) is 18.7. The largest absolute Gasteiger partial charge is 0.376 e. The molecule has 3 aromatic heterocycles. The average Bonchev–Trinajstić information content (AvgIpc) is 3.34. The third-order valence-electron chi connectivity index (χ3n) is 6.19. The number of ether oxygens (including phenoxy) is 1. The molecule has 34 heavy (non-hydrogen) atoms. The highest BCUT2D eigenvalue weighted by Gasteiger charge is 2.22. The molecule has 0 unspecified atom stereocenters. The third kappa shape index (κ3) is 3.99. The minimum Gasteiger partial charge on any atom is -0.376 e. The van der Waals surface area contributed by atoms with Gasteiger partial charge in [-0.3, -0.25) is 19.4 Å². The Morgan fingerprint density at radius 3 is 2.85 bits per heavy atom. The van der Waals surface area contributed by atoms with E-state index in [2.05, 4.69) is 5.32 Å². The summed E-state index contributed by atoms with van der Waals surface area (Å²) < 4.78 is 8.89. The van der Waals surface area contributed by atoms with Gasteiger partial charge in [0.25, 0.3) is 11.5 Å². The Balaban J connectivity index is 1.65. The Bertz CT molecular complexity index is 1540. The second kappa shape index (κ2) is 9.04. The first-order valence-electron chi connectivity index (χ1n) is 11.2. The standard InChI is InChI=1S/C25H24ClN5O3/c1-15-6-4-10-30-22(15)29-23-19(25(30)33)12-18(21(27)31(23)14-17-8-5-11-34-17)24(32)28-13-16-7-2-3-9-20(16)26/h2-4,6-7,9-10,12,17,27H,5,8,11,13-14H2,1H3,(H,28,32)/t17-/m1/s1. The van der Waals surface area contributed by atoms with Gasteiger partial charge in [-0.1, -0.05) is 35.9 Å². The zero-order chi connectivity index (χ0) is 23.8. The monoisotopic (exact) mass is 477 g/mol. The van der Waals surface area contributed by atoms with Gasteiger partial charge in [-0.25, -0.2) is 4.98 Å². The highest BCUT2D eigenvalue weighted by molar-refractivity contribution is 6.31. The van der Waals surface area contributed by atoms with Crippen LogP contribution in [-0.2, 0) is 17.8 Å². The van der Waals surface area contributed by atoms with Crippen molar-refractivity contribution in [2.24, 2.45) is 0 Å². The van der Waals surface area contributed by atoms with Crippen molar-refractivity contribution in [1.29, 1.82) is 5.41 Å². The molecule has 1 saturated heterocycles. The van der Waals surface area contributed by atoms with Crippen molar-refractivity contribution in [3.8, 4) is 0 Å². The number of carbonyl (C=O) groups is 1. The molecule has 2 N–H and O–H groups in total. The van der Waals surface area contributed by atoms with Crippen molar-refractivity contribution >= 4 is 34.2 Å². The number of benzene rings is 1. The molecular formula is C25H24ClN5O3. The number of hydrogen-bond acceptors (Lipinski definition) is 5. The number of nitrogens with one attached hydrogen (secondary N) is 2. The van der Waals surface area contributed by atoms with E-state index in [4.69, 9.17) is 26.7 Å². The Morgan fingerprint density at radius 1 is 1.26 bits per heavy atom. The molecule has 9 heteroatoms. The summed E-state index contributed by atoms with van der Waals surface area (Å²) in [5.74, 6) is -0.457. The van der Waals surface area contributed by atoms with Gasteiger partial charge < -0.3 is 14.6 Å². The number of aryl methyl sites for hydroxylation is 1. The predicted molar refractivity (Wildman–Crippen MR) is 129 cm³/mol. The summed E-state index contributed by atoms with van der Waals surface area (Å²) >= 11 is 6.21. The number of rotatable bonds is 5. The Labute approximate surface area is 200 Å². The maximum atomic E-state index is 13.4. The summed E-state index contributed by atoms with van der Waals surface area (Å²) in [7, 11) is 0. The summed E-state index contributed by atoms with van der Waals surface area (Å²) in [6, 6.07) is 12.4. The molecule has 4 aromatic rings. The molecule has 0 bridgehead atoms. The van der Waals surface area contributed by atoms with Crippen LogP contribution in [0.2, 0.25) is 5.02 Å². The number of pyridine rings is 2. The van der Waals surface area contributed by atoms with E-state index in [1.807, 2.05) is 31.2 Å². The van der Waals surface area contributed by atoms with Gasteiger partial charge >= 0.3 is 0 Å². The van der Waals surface area contributed by atoms with E-state index < -0.39 is 5.91 Å². The van der Waals surface area contributed by atoms with Gasteiger partial charge in [0, 0.05) is 24.4 Å². The van der Waals surface area contributed by atoms with Crippen LogP contribution in [0.25, 0.3) is 16.7 Å². The quantitative estimate of drug-likeness (QED) is 0.431. The summed E-state index contributed by atoms with van der Waals surface area (Å²) in [6.07, 6.45) is 3.35. The van der Waals surface area contributed by atoms with E-state index >= 15 is 0 Å². The first-order valence-corrected chi connectivity index (χ1v) is 11.5. The molecular weight excluding hydrogens is 454 g/mol. The topological polar surface area (TPSA) is 101 Å². The predicted octanol–water partition coefficient (Wildman–Crippen LogP) is 3.20. The zero-order valence-corrected chi connectivity index (χ0v) is 19.4. The van der Waals surface area contributed by atoms with Gasteiger partial charge in [-0.15, -0.1) is 0 Å². The van der Waals surface area contributed by atoms with Gasteiger partial charge in [-0.05, 0) is 49.1 Å². The first-order chi connectivity index (χ1) is 16.4. The lowest BCUT2D eigenvalue weighted by molar-refractivity contribution is 0.0931.